The van der Waals surface area contributed by atoms with Crippen molar-refractivity contribution in [2.24, 2.45) is 5.92 Å². The molecular weight excluding hydrogens is 336 g/mol. The van der Waals surface area contributed by atoms with E-state index in [1.165, 1.54) is 0 Å². The fourth-order valence-electron chi connectivity index (χ4n) is 2.53. The Kier molecular flexibility index (Phi) is 9.53. The van der Waals surface area contributed by atoms with Crippen molar-refractivity contribution in [3.8, 4) is 0 Å². The van der Waals surface area contributed by atoms with E-state index >= 15 is 0 Å². The molecule has 1 heterocycles. The smallest absolute Gasteiger partial charge is 0.243 e. The number of carbonyl (C=O) groups is 2. The highest BCUT2D eigenvalue weighted by Crippen LogP contribution is 2.12. The average molecular weight is 366 g/mol. The number of anilines is 1. The van der Waals surface area contributed by atoms with E-state index in [9.17, 15) is 14.8 Å². The van der Waals surface area contributed by atoms with Crippen LogP contribution >= 0.6 is 0 Å². The summed E-state index contributed by atoms with van der Waals surface area (Å²) in [6, 6.07) is 1.88. The van der Waals surface area contributed by atoms with Gasteiger partial charge in [0.25, 0.3) is 0 Å². The summed E-state index contributed by atoms with van der Waals surface area (Å²) in [5.41, 5.74) is 6.94. The molecule has 1 rings (SSSR count). The molecule has 0 aliphatic heterocycles. The number of hydroxylamine groups is 2. The predicted molar refractivity (Wildman–Crippen MR) is 98.1 cm³/mol. The number of carbonyl (C=O) groups excluding carboxylic acids is 2. The van der Waals surface area contributed by atoms with Crippen LogP contribution in [0.15, 0.2) is 6.07 Å². The number of amides is 2. The highest BCUT2D eigenvalue weighted by molar-refractivity contribution is 5.80. The van der Waals surface area contributed by atoms with E-state index in [0.717, 1.165) is 30.7 Å². The summed E-state index contributed by atoms with van der Waals surface area (Å²) in [6.45, 7) is 4.53. The van der Waals surface area contributed by atoms with Crippen molar-refractivity contribution < 1.29 is 14.8 Å². The topological polar surface area (TPSA) is 111 Å². The van der Waals surface area contributed by atoms with Crippen LogP contribution in [-0.4, -0.2) is 58.1 Å². The third kappa shape index (κ3) is 8.21. The third-order valence-electron chi connectivity index (χ3n) is 3.74. The van der Waals surface area contributed by atoms with Gasteiger partial charge >= 0.3 is 0 Å². The summed E-state index contributed by atoms with van der Waals surface area (Å²) in [5, 5.41) is 9.91. The maximum Gasteiger partial charge on any atom is 0.243 e. The molecule has 1 atom stereocenters. The van der Waals surface area contributed by atoms with Gasteiger partial charge in [0.2, 0.25) is 18.3 Å². The van der Waals surface area contributed by atoms with Crippen LogP contribution in [0, 0.1) is 12.8 Å². The van der Waals surface area contributed by atoms with Gasteiger partial charge in [0.05, 0.1) is 18.2 Å². The molecule has 26 heavy (non-hydrogen) atoms. The van der Waals surface area contributed by atoms with Crippen LogP contribution in [0.2, 0.25) is 0 Å². The van der Waals surface area contributed by atoms with E-state index in [1.54, 1.807) is 0 Å². The lowest BCUT2D eigenvalue weighted by atomic mass is 10.0. The highest BCUT2D eigenvalue weighted by Gasteiger charge is 2.20. The Morgan fingerprint density at radius 3 is 2.69 bits per heavy atom. The first kappa shape index (κ1) is 21.8. The monoisotopic (exact) mass is 366 g/mol. The first-order valence-corrected chi connectivity index (χ1v) is 8.81. The minimum atomic E-state index is -0.518. The van der Waals surface area contributed by atoms with Gasteiger partial charge < -0.3 is 4.90 Å². The predicted octanol–water partition coefficient (Wildman–Crippen LogP) is 1.33. The number of hydrazine groups is 1. The molecule has 0 fully saturated rings. The molecule has 1 aromatic heterocycles. The Morgan fingerprint density at radius 2 is 2.08 bits per heavy atom. The molecule has 1 aromatic rings. The number of nitrogens with one attached hydrogen (secondary N) is 2. The van der Waals surface area contributed by atoms with Crippen LogP contribution in [0.1, 0.15) is 44.0 Å². The maximum atomic E-state index is 12.4. The third-order valence-corrected chi connectivity index (χ3v) is 3.74. The number of aromatic nitrogens is 2. The normalized spacial score (nSPS) is 11.9. The SMILES string of the molecule is CCCCC[C@H](CN(O)C=O)C(=O)NNc1nc(C)cc(CN(C)C)n1. The Morgan fingerprint density at radius 1 is 1.35 bits per heavy atom. The van der Waals surface area contributed by atoms with Crippen molar-refractivity contribution in [3.05, 3.63) is 17.5 Å². The van der Waals surface area contributed by atoms with Gasteiger partial charge in [0.1, 0.15) is 0 Å². The van der Waals surface area contributed by atoms with Crippen molar-refractivity contribution in [2.45, 2.75) is 46.1 Å². The quantitative estimate of drug-likeness (QED) is 0.221. The number of nitrogens with zero attached hydrogens (tertiary/aromatic N) is 4. The van der Waals surface area contributed by atoms with E-state index in [4.69, 9.17) is 0 Å². The standard InChI is InChI=1S/C17H30N6O3/c1-5-6-7-8-14(10-23(26)12-24)16(25)20-21-17-18-13(2)9-15(19-17)11-22(3)4/h9,12,14,26H,5-8,10-11H2,1-4H3,(H,20,25)(H,18,19,21)/t14-/m1/s1. The van der Waals surface area contributed by atoms with Gasteiger partial charge in [0.15, 0.2) is 0 Å². The van der Waals surface area contributed by atoms with Gasteiger partial charge in [-0.2, -0.15) is 0 Å². The molecule has 0 aliphatic rings. The van der Waals surface area contributed by atoms with E-state index < -0.39 is 5.92 Å². The van der Waals surface area contributed by atoms with Crippen molar-refractivity contribution in [2.75, 3.05) is 26.1 Å². The Bertz CT molecular complexity index is 582. The minimum Gasteiger partial charge on any atom is -0.304 e. The lowest BCUT2D eigenvalue weighted by molar-refractivity contribution is -0.154. The molecule has 0 bridgehead atoms. The minimum absolute atomic E-state index is 0.0543. The number of unbranched alkanes of at least 4 members (excludes halogenated alkanes) is 2. The van der Waals surface area contributed by atoms with Crippen LogP contribution in [0.3, 0.4) is 0 Å². The van der Waals surface area contributed by atoms with Crippen LogP contribution in [0.25, 0.3) is 0 Å². The summed E-state index contributed by atoms with van der Waals surface area (Å²) in [5.74, 6) is -0.532. The van der Waals surface area contributed by atoms with Gasteiger partial charge in [-0.05, 0) is 33.5 Å². The highest BCUT2D eigenvalue weighted by atomic mass is 16.5. The van der Waals surface area contributed by atoms with E-state index in [-0.39, 0.29) is 12.5 Å². The van der Waals surface area contributed by atoms with Gasteiger partial charge in [-0.1, -0.05) is 26.2 Å². The van der Waals surface area contributed by atoms with Crippen LogP contribution < -0.4 is 10.9 Å². The summed E-state index contributed by atoms with van der Waals surface area (Å²) >= 11 is 0. The first-order valence-electron chi connectivity index (χ1n) is 8.81. The molecule has 0 saturated heterocycles. The Labute approximate surface area is 154 Å². The molecule has 2 amide bonds. The number of aryl methyl sites for hydroxylation is 1. The fourth-order valence-corrected chi connectivity index (χ4v) is 2.53. The zero-order chi connectivity index (χ0) is 19.5. The van der Waals surface area contributed by atoms with Crippen molar-refractivity contribution >= 4 is 18.3 Å². The number of hydrogen-bond acceptors (Lipinski definition) is 7. The molecule has 146 valence electrons. The second-order valence-corrected chi connectivity index (χ2v) is 6.60. The molecule has 0 aliphatic carbocycles. The van der Waals surface area contributed by atoms with E-state index in [0.29, 0.717) is 30.4 Å². The Hall–Kier alpha value is -2.26. The largest absolute Gasteiger partial charge is 0.304 e. The molecule has 0 unspecified atom stereocenters. The van der Waals surface area contributed by atoms with Crippen molar-refractivity contribution in [3.63, 3.8) is 0 Å². The van der Waals surface area contributed by atoms with Crippen LogP contribution in [0.5, 0.6) is 0 Å². The lowest BCUT2D eigenvalue weighted by Crippen LogP contribution is -2.40. The Balaban J connectivity index is 2.70. The number of hydrogen-bond donors (Lipinski definition) is 3. The summed E-state index contributed by atoms with van der Waals surface area (Å²) in [6.07, 6.45) is 3.72. The maximum absolute atomic E-state index is 12.4. The van der Waals surface area contributed by atoms with Crippen molar-refractivity contribution in [1.82, 2.24) is 25.4 Å². The van der Waals surface area contributed by atoms with Gasteiger partial charge in [-0.3, -0.25) is 25.6 Å². The molecule has 3 N–H and O–H groups in total. The van der Waals surface area contributed by atoms with E-state index in [2.05, 4.69) is 27.7 Å². The van der Waals surface area contributed by atoms with Gasteiger partial charge in [0, 0.05) is 12.2 Å². The van der Waals surface area contributed by atoms with E-state index in [1.807, 2.05) is 32.0 Å². The first-order chi connectivity index (χ1) is 12.3. The number of rotatable bonds is 12. The molecule has 9 nitrogen and oxygen atoms in total. The molecule has 0 radical (unpaired) electrons. The molecule has 0 spiro atoms. The second kappa shape index (κ2) is 11.4. The van der Waals surface area contributed by atoms with Gasteiger partial charge in [-0.15, -0.1) is 0 Å². The molecular formula is C17H30N6O3. The summed E-state index contributed by atoms with van der Waals surface area (Å²) in [7, 11) is 3.89. The van der Waals surface area contributed by atoms with Gasteiger partial charge in [-0.25, -0.2) is 15.0 Å². The van der Waals surface area contributed by atoms with Crippen molar-refractivity contribution in [1.29, 1.82) is 0 Å². The summed E-state index contributed by atoms with van der Waals surface area (Å²) < 4.78 is 0. The second-order valence-electron chi connectivity index (χ2n) is 6.60. The van der Waals surface area contributed by atoms with Crippen LogP contribution in [-0.2, 0) is 16.1 Å². The molecule has 0 saturated carbocycles. The fraction of sp³-hybridized carbons (Fsp3) is 0.647. The lowest BCUT2D eigenvalue weighted by Gasteiger charge is -2.20. The average Bonchev–Trinajstić information content (AvgIpc) is 2.57. The molecule has 9 heteroatoms. The zero-order valence-electron chi connectivity index (χ0n) is 16.0. The zero-order valence-corrected chi connectivity index (χ0v) is 16.0. The molecule has 0 aromatic carbocycles. The summed E-state index contributed by atoms with van der Waals surface area (Å²) in [4.78, 5) is 33.7. The van der Waals surface area contributed by atoms with Crippen LogP contribution in [0.4, 0.5) is 5.95 Å².